The van der Waals surface area contributed by atoms with Crippen LogP contribution >= 0.6 is 11.3 Å². The van der Waals surface area contributed by atoms with Crippen LogP contribution < -0.4 is 0 Å². The number of benzene rings is 1. The van der Waals surface area contributed by atoms with E-state index in [1.54, 1.807) is 16.2 Å². The molecule has 4 rings (SSSR count). The molecule has 1 unspecified atom stereocenters. The zero-order valence-corrected chi connectivity index (χ0v) is 14.1. The third-order valence-corrected chi connectivity index (χ3v) is 5.48. The number of thiazole rings is 1. The summed E-state index contributed by atoms with van der Waals surface area (Å²) in [4.78, 5) is 29.4. The summed E-state index contributed by atoms with van der Waals surface area (Å²) in [5, 5.41) is 11.7. The first kappa shape index (κ1) is 15.8. The van der Waals surface area contributed by atoms with Crippen molar-refractivity contribution in [3.63, 3.8) is 0 Å². The summed E-state index contributed by atoms with van der Waals surface area (Å²) >= 11 is 1.59. The van der Waals surface area contributed by atoms with Crippen molar-refractivity contribution in [2.45, 2.75) is 25.3 Å². The van der Waals surface area contributed by atoms with Gasteiger partial charge in [0.25, 0.3) is 5.91 Å². The van der Waals surface area contributed by atoms with E-state index < -0.39 is 10.8 Å². The molecule has 8 heteroatoms. The van der Waals surface area contributed by atoms with E-state index in [4.69, 9.17) is 4.42 Å². The molecule has 1 aromatic carbocycles. The molecule has 25 heavy (non-hydrogen) atoms. The molecular formula is C17H15N3O4S. The minimum atomic E-state index is -0.641. The third kappa shape index (κ3) is 2.89. The molecule has 1 atom stereocenters. The number of nitro groups is 1. The molecule has 1 saturated heterocycles. The number of carbonyl (C=O) groups excluding carboxylic acids is 1. The van der Waals surface area contributed by atoms with Gasteiger partial charge >= 0.3 is 5.88 Å². The van der Waals surface area contributed by atoms with Gasteiger partial charge in [0.2, 0.25) is 0 Å². The van der Waals surface area contributed by atoms with Crippen LogP contribution in [0.2, 0.25) is 0 Å². The maximum Gasteiger partial charge on any atom is 0.433 e. The summed E-state index contributed by atoms with van der Waals surface area (Å²) in [6.45, 7) is 0.591. The molecule has 0 N–H and O–H groups in total. The number of aromatic nitrogens is 1. The number of hydrogen-bond donors (Lipinski definition) is 0. The topological polar surface area (TPSA) is 89.5 Å². The van der Waals surface area contributed by atoms with Crippen molar-refractivity contribution in [1.29, 1.82) is 0 Å². The zero-order valence-electron chi connectivity index (χ0n) is 13.3. The lowest BCUT2D eigenvalue weighted by Gasteiger charge is -2.33. The van der Waals surface area contributed by atoms with Crippen molar-refractivity contribution in [3.8, 4) is 0 Å². The van der Waals surface area contributed by atoms with Crippen LogP contribution in [0.1, 0.15) is 40.9 Å². The number of para-hydroxylation sites is 1. The van der Waals surface area contributed by atoms with Crippen molar-refractivity contribution in [2.24, 2.45) is 0 Å². The second kappa shape index (κ2) is 6.29. The van der Waals surface area contributed by atoms with Gasteiger partial charge in [0.15, 0.2) is 5.76 Å². The Morgan fingerprint density at radius 3 is 2.88 bits per heavy atom. The van der Waals surface area contributed by atoms with Gasteiger partial charge in [-0.15, -0.1) is 11.3 Å². The lowest BCUT2D eigenvalue weighted by atomic mass is 10.0. The Labute approximate surface area is 147 Å². The molecule has 128 valence electrons. The van der Waals surface area contributed by atoms with Crippen molar-refractivity contribution in [1.82, 2.24) is 9.88 Å². The second-order valence-electron chi connectivity index (χ2n) is 5.92. The molecule has 3 heterocycles. The summed E-state index contributed by atoms with van der Waals surface area (Å²) in [5.41, 5.74) is 0.925. The van der Waals surface area contributed by atoms with Crippen LogP contribution in [0.4, 0.5) is 5.88 Å². The fourth-order valence-corrected chi connectivity index (χ4v) is 4.26. The van der Waals surface area contributed by atoms with E-state index in [0.717, 1.165) is 34.5 Å². The van der Waals surface area contributed by atoms with Crippen LogP contribution in [0.5, 0.6) is 0 Å². The molecular weight excluding hydrogens is 342 g/mol. The van der Waals surface area contributed by atoms with Crippen molar-refractivity contribution >= 4 is 33.3 Å². The molecule has 0 bridgehead atoms. The molecule has 1 aliphatic heterocycles. The highest BCUT2D eigenvalue weighted by molar-refractivity contribution is 7.18. The van der Waals surface area contributed by atoms with Gasteiger partial charge in [-0.3, -0.25) is 14.9 Å². The Kier molecular flexibility index (Phi) is 3.96. The average Bonchev–Trinajstić information content (AvgIpc) is 3.28. The third-order valence-electron chi connectivity index (χ3n) is 4.34. The van der Waals surface area contributed by atoms with Gasteiger partial charge < -0.3 is 9.32 Å². The van der Waals surface area contributed by atoms with E-state index in [2.05, 4.69) is 4.98 Å². The monoisotopic (exact) mass is 357 g/mol. The Hall–Kier alpha value is -2.74. The Bertz CT molecular complexity index is 915. The summed E-state index contributed by atoms with van der Waals surface area (Å²) in [6, 6.07) is 10.3. The van der Waals surface area contributed by atoms with E-state index in [9.17, 15) is 14.9 Å². The van der Waals surface area contributed by atoms with Crippen molar-refractivity contribution in [2.75, 3.05) is 6.54 Å². The first-order valence-electron chi connectivity index (χ1n) is 8.04. The fourth-order valence-electron chi connectivity index (χ4n) is 3.15. The van der Waals surface area contributed by atoms with Crippen LogP contribution in [0.15, 0.2) is 40.8 Å². The summed E-state index contributed by atoms with van der Waals surface area (Å²) in [5.74, 6) is -0.742. The number of amides is 1. The maximum atomic E-state index is 12.8. The Morgan fingerprint density at radius 2 is 2.12 bits per heavy atom. The number of fused-ring (bicyclic) bond motifs is 1. The van der Waals surface area contributed by atoms with Gasteiger partial charge in [-0.1, -0.05) is 12.1 Å². The first-order valence-corrected chi connectivity index (χ1v) is 8.86. The predicted octanol–water partition coefficient (Wildman–Crippen LogP) is 4.16. The number of rotatable bonds is 3. The highest BCUT2D eigenvalue weighted by Crippen LogP contribution is 2.36. The van der Waals surface area contributed by atoms with E-state index >= 15 is 0 Å². The molecule has 1 amide bonds. The lowest BCUT2D eigenvalue weighted by molar-refractivity contribution is -0.402. The highest BCUT2D eigenvalue weighted by atomic mass is 32.1. The van der Waals surface area contributed by atoms with Crippen LogP contribution in [-0.2, 0) is 0 Å². The largest absolute Gasteiger partial charge is 0.433 e. The van der Waals surface area contributed by atoms with Crippen LogP contribution in [-0.4, -0.2) is 27.3 Å². The molecule has 3 aromatic rings. The number of likely N-dealkylation sites (tertiary alicyclic amines) is 1. The Morgan fingerprint density at radius 1 is 1.28 bits per heavy atom. The first-order chi connectivity index (χ1) is 12.1. The summed E-state index contributed by atoms with van der Waals surface area (Å²) in [7, 11) is 0. The fraction of sp³-hybridized carbons (Fsp3) is 0.294. The van der Waals surface area contributed by atoms with E-state index in [1.165, 1.54) is 12.1 Å². The number of furan rings is 1. The lowest BCUT2D eigenvalue weighted by Crippen LogP contribution is -2.38. The smallest absolute Gasteiger partial charge is 0.395 e. The van der Waals surface area contributed by atoms with Crippen molar-refractivity contribution in [3.05, 3.63) is 57.3 Å². The molecule has 0 spiro atoms. The van der Waals surface area contributed by atoms with E-state index in [-0.39, 0.29) is 17.7 Å². The average molecular weight is 357 g/mol. The standard InChI is InChI=1S/C17H15N3O4S/c21-17(13-8-9-15(24-13)20(22)23)19-10-4-3-6-12(19)16-18-11-5-1-2-7-14(11)25-16/h1-2,5,7-9,12H,3-4,6,10H2. The second-order valence-corrected chi connectivity index (χ2v) is 6.99. The van der Waals surface area contributed by atoms with Gasteiger partial charge in [0, 0.05) is 6.54 Å². The van der Waals surface area contributed by atoms with Gasteiger partial charge in [0.05, 0.1) is 22.3 Å². The normalized spacial score (nSPS) is 17.8. The summed E-state index contributed by atoms with van der Waals surface area (Å²) in [6.07, 6.45) is 2.74. The van der Waals surface area contributed by atoms with Crippen molar-refractivity contribution < 1.29 is 14.1 Å². The van der Waals surface area contributed by atoms with E-state index in [1.807, 2.05) is 24.3 Å². The minimum Gasteiger partial charge on any atom is -0.395 e. The molecule has 1 fully saturated rings. The number of hydrogen-bond acceptors (Lipinski definition) is 6. The SMILES string of the molecule is O=C(c1ccc([N+](=O)[O-])o1)N1CCCCC1c1nc2ccccc2s1. The quantitative estimate of drug-likeness (QED) is 0.518. The Balaban J connectivity index is 1.66. The number of piperidine rings is 1. The van der Waals surface area contributed by atoms with Gasteiger partial charge in [0.1, 0.15) is 9.93 Å². The maximum absolute atomic E-state index is 12.8. The predicted molar refractivity (Wildman–Crippen MR) is 92.6 cm³/mol. The highest BCUT2D eigenvalue weighted by Gasteiger charge is 2.33. The van der Waals surface area contributed by atoms with E-state index in [0.29, 0.717) is 6.54 Å². The van der Waals surface area contributed by atoms with Gasteiger partial charge in [-0.2, -0.15) is 0 Å². The number of carbonyl (C=O) groups is 1. The minimum absolute atomic E-state index is 0.000267. The molecule has 0 saturated carbocycles. The van der Waals surface area contributed by atoms with Crippen LogP contribution in [0.25, 0.3) is 10.2 Å². The van der Waals surface area contributed by atoms with Gasteiger partial charge in [-0.05, 0) is 37.5 Å². The molecule has 0 aliphatic carbocycles. The zero-order chi connectivity index (χ0) is 17.4. The van der Waals surface area contributed by atoms with Crippen LogP contribution in [0, 0.1) is 10.1 Å². The van der Waals surface area contributed by atoms with Crippen LogP contribution in [0.3, 0.4) is 0 Å². The molecule has 2 aromatic heterocycles. The molecule has 1 aliphatic rings. The molecule has 7 nitrogen and oxygen atoms in total. The molecule has 0 radical (unpaired) electrons. The van der Waals surface area contributed by atoms with Gasteiger partial charge in [-0.25, -0.2) is 4.98 Å². The summed E-state index contributed by atoms with van der Waals surface area (Å²) < 4.78 is 6.18. The number of nitrogens with zero attached hydrogens (tertiary/aromatic N) is 3.